The molecule has 140 valence electrons. The Balaban J connectivity index is 0. The minimum atomic E-state index is -1.07. The number of amides is 2. The number of carboxylic acid groups (broad SMARTS) is 2. The lowest BCUT2D eigenvalue weighted by atomic mass is 10.1. The van der Waals surface area contributed by atoms with Crippen molar-refractivity contribution < 1.29 is 29.4 Å². The molecule has 0 rings (SSSR count). The standard InChI is InChI=1S/2C7H14N2O3/c2*1-2-9-6(10)4-3-5(8)7(11)12/h2*5H,2-4,8H2,1H3,(H,9,10)(H,11,12). The summed E-state index contributed by atoms with van der Waals surface area (Å²) in [6.45, 7) is 4.71. The molecule has 0 heterocycles. The van der Waals surface area contributed by atoms with Crippen molar-refractivity contribution in [2.75, 3.05) is 13.1 Å². The van der Waals surface area contributed by atoms with Crippen molar-refractivity contribution in [2.45, 2.75) is 51.6 Å². The topological polar surface area (TPSA) is 185 Å². The van der Waals surface area contributed by atoms with Crippen molar-refractivity contribution in [3.63, 3.8) is 0 Å². The van der Waals surface area contributed by atoms with E-state index >= 15 is 0 Å². The maximum absolute atomic E-state index is 10.8. The van der Waals surface area contributed by atoms with Gasteiger partial charge in [-0.05, 0) is 26.7 Å². The number of carboxylic acids is 2. The Morgan fingerprint density at radius 3 is 1.29 bits per heavy atom. The minimum absolute atomic E-state index is 0.158. The maximum Gasteiger partial charge on any atom is 0.320 e. The van der Waals surface area contributed by atoms with E-state index < -0.39 is 24.0 Å². The lowest BCUT2D eigenvalue weighted by Crippen LogP contribution is -2.32. The van der Waals surface area contributed by atoms with Crippen LogP contribution < -0.4 is 22.1 Å². The monoisotopic (exact) mass is 348 g/mol. The van der Waals surface area contributed by atoms with Crippen molar-refractivity contribution >= 4 is 23.8 Å². The fraction of sp³-hybridized carbons (Fsp3) is 0.714. The molecule has 10 nitrogen and oxygen atoms in total. The summed E-state index contributed by atoms with van der Waals surface area (Å²) in [5.41, 5.74) is 10.4. The van der Waals surface area contributed by atoms with Gasteiger partial charge in [0.1, 0.15) is 12.1 Å². The maximum atomic E-state index is 10.8. The van der Waals surface area contributed by atoms with Gasteiger partial charge in [-0.3, -0.25) is 19.2 Å². The van der Waals surface area contributed by atoms with Crippen LogP contribution in [0.15, 0.2) is 0 Å². The average Bonchev–Trinajstić information content (AvgIpc) is 2.51. The van der Waals surface area contributed by atoms with Gasteiger partial charge in [0, 0.05) is 25.9 Å². The number of nitrogens with two attached hydrogens (primary N) is 2. The summed E-state index contributed by atoms with van der Waals surface area (Å²) in [4.78, 5) is 42.0. The molecule has 0 spiro atoms. The van der Waals surface area contributed by atoms with Crippen LogP contribution in [0.25, 0.3) is 0 Å². The van der Waals surface area contributed by atoms with Crippen LogP contribution in [0.2, 0.25) is 0 Å². The summed E-state index contributed by atoms with van der Waals surface area (Å²) in [5, 5.41) is 21.8. The Morgan fingerprint density at radius 2 is 1.08 bits per heavy atom. The molecule has 8 N–H and O–H groups in total. The van der Waals surface area contributed by atoms with E-state index in [1.165, 1.54) is 0 Å². The zero-order chi connectivity index (χ0) is 19.1. The minimum Gasteiger partial charge on any atom is -0.480 e. The summed E-state index contributed by atoms with van der Waals surface area (Å²) in [6.07, 6.45) is 0.699. The summed E-state index contributed by atoms with van der Waals surface area (Å²) in [5.74, 6) is -2.46. The highest BCUT2D eigenvalue weighted by Gasteiger charge is 2.13. The van der Waals surface area contributed by atoms with E-state index in [9.17, 15) is 19.2 Å². The normalized spacial score (nSPS) is 12.2. The van der Waals surface area contributed by atoms with Crippen molar-refractivity contribution in [1.29, 1.82) is 0 Å². The van der Waals surface area contributed by atoms with Crippen molar-refractivity contribution in [3.05, 3.63) is 0 Å². The highest BCUT2D eigenvalue weighted by Crippen LogP contribution is 1.94. The molecule has 0 aliphatic rings. The third kappa shape index (κ3) is 14.7. The number of aliphatic carboxylic acids is 2. The van der Waals surface area contributed by atoms with Gasteiger partial charge in [0.15, 0.2) is 0 Å². The average molecular weight is 348 g/mol. The van der Waals surface area contributed by atoms with Crippen molar-refractivity contribution in [3.8, 4) is 0 Å². The quantitative estimate of drug-likeness (QED) is 0.279. The highest BCUT2D eigenvalue weighted by molar-refractivity contribution is 5.78. The fourth-order valence-corrected chi connectivity index (χ4v) is 1.39. The smallest absolute Gasteiger partial charge is 0.320 e. The molecule has 0 aromatic heterocycles. The lowest BCUT2D eigenvalue weighted by Gasteiger charge is -2.05. The number of hydrogen-bond donors (Lipinski definition) is 6. The van der Waals surface area contributed by atoms with Crippen molar-refractivity contribution in [1.82, 2.24) is 10.6 Å². The van der Waals surface area contributed by atoms with Gasteiger partial charge < -0.3 is 32.3 Å². The zero-order valence-electron chi connectivity index (χ0n) is 14.1. The van der Waals surface area contributed by atoms with Crippen LogP contribution in [-0.4, -0.2) is 59.1 Å². The van der Waals surface area contributed by atoms with Gasteiger partial charge in [-0.1, -0.05) is 0 Å². The van der Waals surface area contributed by atoms with E-state index in [1.807, 2.05) is 0 Å². The first-order chi connectivity index (χ1) is 11.1. The molecule has 10 heteroatoms. The van der Waals surface area contributed by atoms with Crippen LogP contribution >= 0.6 is 0 Å². The molecule has 2 unspecified atom stereocenters. The first kappa shape index (κ1) is 24.1. The first-order valence-electron chi connectivity index (χ1n) is 7.65. The second-order valence-corrected chi connectivity index (χ2v) is 4.87. The summed E-state index contributed by atoms with van der Waals surface area (Å²) in [6, 6.07) is -1.87. The van der Waals surface area contributed by atoms with Crippen LogP contribution in [0, 0.1) is 0 Å². The van der Waals surface area contributed by atoms with E-state index in [-0.39, 0.29) is 37.5 Å². The molecule has 0 saturated carbocycles. The van der Waals surface area contributed by atoms with Gasteiger partial charge in [0.2, 0.25) is 11.8 Å². The Labute approximate surface area is 141 Å². The number of carbonyl (C=O) groups is 4. The Bertz CT molecular complexity index is 378. The van der Waals surface area contributed by atoms with Crippen LogP contribution in [0.4, 0.5) is 0 Å². The molecule has 0 aromatic rings. The molecular weight excluding hydrogens is 320 g/mol. The van der Waals surface area contributed by atoms with Gasteiger partial charge >= 0.3 is 11.9 Å². The van der Waals surface area contributed by atoms with Gasteiger partial charge in [0.25, 0.3) is 0 Å². The van der Waals surface area contributed by atoms with E-state index in [1.54, 1.807) is 13.8 Å². The Hall–Kier alpha value is -2.20. The van der Waals surface area contributed by atoms with Crippen LogP contribution in [0.5, 0.6) is 0 Å². The van der Waals surface area contributed by atoms with Crippen LogP contribution in [-0.2, 0) is 19.2 Å². The van der Waals surface area contributed by atoms with Crippen LogP contribution in [0.3, 0.4) is 0 Å². The summed E-state index contributed by atoms with van der Waals surface area (Å²) >= 11 is 0. The van der Waals surface area contributed by atoms with Crippen LogP contribution in [0.1, 0.15) is 39.5 Å². The third-order valence-corrected chi connectivity index (χ3v) is 2.75. The Kier molecular flexibility index (Phi) is 14.4. The third-order valence-electron chi connectivity index (χ3n) is 2.75. The molecular formula is C14H28N4O6. The molecule has 0 fully saturated rings. The van der Waals surface area contributed by atoms with Gasteiger partial charge in [-0.15, -0.1) is 0 Å². The molecule has 0 aliphatic heterocycles. The number of carbonyl (C=O) groups excluding carboxylic acids is 2. The molecule has 0 radical (unpaired) electrons. The van der Waals surface area contributed by atoms with E-state index in [4.69, 9.17) is 21.7 Å². The molecule has 0 saturated heterocycles. The summed E-state index contributed by atoms with van der Waals surface area (Å²) < 4.78 is 0. The predicted octanol–water partition coefficient (Wildman–Crippen LogP) is -1.37. The Morgan fingerprint density at radius 1 is 0.792 bits per heavy atom. The van der Waals surface area contributed by atoms with E-state index in [0.717, 1.165) is 0 Å². The van der Waals surface area contributed by atoms with Gasteiger partial charge in [0.05, 0.1) is 0 Å². The predicted molar refractivity (Wildman–Crippen MR) is 87.1 cm³/mol. The molecule has 2 atom stereocenters. The molecule has 0 aromatic carbocycles. The number of hydrogen-bond acceptors (Lipinski definition) is 6. The lowest BCUT2D eigenvalue weighted by molar-refractivity contribution is -0.139. The second-order valence-electron chi connectivity index (χ2n) is 4.87. The van der Waals surface area contributed by atoms with Gasteiger partial charge in [-0.2, -0.15) is 0 Å². The zero-order valence-corrected chi connectivity index (χ0v) is 14.1. The van der Waals surface area contributed by atoms with E-state index in [0.29, 0.717) is 13.1 Å². The second kappa shape index (κ2) is 14.4. The largest absolute Gasteiger partial charge is 0.480 e. The molecule has 24 heavy (non-hydrogen) atoms. The number of nitrogens with one attached hydrogen (secondary N) is 2. The molecule has 0 bridgehead atoms. The molecule has 0 aliphatic carbocycles. The molecule has 2 amide bonds. The van der Waals surface area contributed by atoms with E-state index in [2.05, 4.69) is 10.6 Å². The van der Waals surface area contributed by atoms with Crippen molar-refractivity contribution in [2.24, 2.45) is 11.5 Å². The fourth-order valence-electron chi connectivity index (χ4n) is 1.39. The SMILES string of the molecule is CCNC(=O)CCC(N)C(=O)O.CCNC(=O)CCC(N)C(=O)O. The van der Waals surface area contributed by atoms with Gasteiger partial charge in [-0.25, -0.2) is 0 Å². The highest BCUT2D eigenvalue weighted by atomic mass is 16.4. The first-order valence-corrected chi connectivity index (χ1v) is 7.65. The number of rotatable bonds is 10. The summed E-state index contributed by atoms with van der Waals surface area (Å²) in [7, 11) is 0.